The van der Waals surface area contributed by atoms with Gasteiger partial charge in [0.1, 0.15) is 0 Å². The number of rotatable bonds is 5. The van der Waals surface area contributed by atoms with Crippen LogP contribution in [0.25, 0.3) is 0 Å². The van der Waals surface area contributed by atoms with E-state index in [-0.39, 0.29) is 16.7 Å². The summed E-state index contributed by atoms with van der Waals surface area (Å²) in [5.41, 5.74) is 6.30. The van der Waals surface area contributed by atoms with E-state index in [9.17, 15) is 4.79 Å². The molecule has 3 nitrogen and oxygen atoms in total. The molecule has 0 bridgehead atoms. The van der Waals surface area contributed by atoms with Gasteiger partial charge in [-0.1, -0.05) is 47.0 Å². The van der Waals surface area contributed by atoms with E-state index in [1.54, 1.807) is 0 Å². The minimum atomic E-state index is 0.166. The highest BCUT2D eigenvalue weighted by Gasteiger charge is 2.31. The van der Waals surface area contributed by atoms with Crippen molar-refractivity contribution in [2.75, 3.05) is 13.1 Å². The summed E-state index contributed by atoms with van der Waals surface area (Å²) in [7, 11) is 0. The Morgan fingerprint density at radius 1 is 1.26 bits per heavy atom. The lowest BCUT2D eigenvalue weighted by atomic mass is 9.74. The molecule has 1 amide bonds. The van der Waals surface area contributed by atoms with E-state index < -0.39 is 0 Å². The van der Waals surface area contributed by atoms with Crippen molar-refractivity contribution in [3.8, 4) is 0 Å². The Morgan fingerprint density at radius 2 is 1.84 bits per heavy atom. The molecule has 0 aliphatic heterocycles. The number of amides is 1. The molecule has 3 heteroatoms. The fourth-order valence-electron chi connectivity index (χ4n) is 2.70. The largest absolute Gasteiger partial charge is 0.355 e. The molecule has 3 N–H and O–H groups in total. The van der Waals surface area contributed by atoms with Crippen molar-refractivity contribution in [2.24, 2.45) is 22.5 Å². The minimum Gasteiger partial charge on any atom is -0.355 e. The van der Waals surface area contributed by atoms with Crippen LogP contribution in [0.4, 0.5) is 0 Å². The zero-order chi connectivity index (χ0) is 14.5. The lowest BCUT2D eigenvalue weighted by Crippen LogP contribution is -2.44. The van der Waals surface area contributed by atoms with Crippen LogP contribution in [0.3, 0.4) is 0 Å². The summed E-state index contributed by atoms with van der Waals surface area (Å²) in [6, 6.07) is 0. The predicted molar refractivity (Wildman–Crippen MR) is 80.8 cm³/mol. The molecule has 0 aromatic rings. The van der Waals surface area contributed by atoms with E-state index in [4.69, 9.17) is 5.73 Å². The molecule has 1 atom stereocenters. The molecule has 0 radical (unpaired) electrons. The van der Waals surface area contributed by atoms with Crippen LogP contribution in [0.15, 0.2) is 0 Å². The first-order chi connectivity index (χ1) is 8.79. The molecule has 0 saturated heterocycles. The third-order valence-corrected chi connectivity index (χ3v) is 4.98. The van der Waals surface area contributed by atoms with Crippen LogP contribution in [0.5, 0.6) is 0 Å². The van der Waals surface area contributed by atoms with E-state index in [1.165, 1.54) is 32.1 Å². The maximum Gasteiger partial charge on any atom is 0.220 e. The SMILES string of the molecule is CC(CC(=O)NCC1(CN)CCCCC1)C(C)(C)C. The van der Waals surface area contributed by atoms with Gasteiger partial charge in [-0.05, 0) is 36.1 Å². The lowest BCUT2D eigenvalue weighted by Gasteiger charge is -2.36. The molecule has 19 heavy (non-hydrogen) atoms. The Hall–Kier alpha value is -0.570. The second kappa shape index (κ2) is 6.74. The third kappa shape index (κ3) is 5.13. The summed E-state index contributed by atoms with van der Waals surface area (Å²) in [4.78, 5) is 12.0. The molecule has 1 aliphatic rings. The van der Waals surface area contributed by atoms with Gasteiger partial charge in [0.25, 0.3) is 0 Å². The van der Waals surface area contributed by atoms with Gasteiger partial charge in [-0.15, -0.1) is 0 Å². The van der Waals surface area contributed by atoms with Crippen LogP contribution in [0.2, 0.25) is 0 Å². The van der Waals surface area contributed by atoms with Gasteiger partial charge in [-0.2, -0.15) is 0 Å². The number of nitrogens with two attached hydrogens (primary N) is 1. The number of hydrogen-bond acceptors (Lipinski definition) is 2. The van der Waals surface area contributed by atoms with Crippen LogP contribution < -0.4 is 11.1 Å². The van der Waals surface area contributed by atoms with E-state index in [0.717, 1.165) is 6.54 Å². The standard InChI is InChI=1S/C16H32N2O/c1-13(15(2,3)4)10-14(19)18-12-16(11-17)8-6-5-7-9-16/h13H,5-12,17H2,1-4H3,(H,18,19). The van der Waals surface area contributed by atoms with Crippen molar-refractivity contribution in [2.45, 2.75) is 66.2 Å². The number of carbonyl (C=O) groups is 1. The number of nitrogens with one attached hydrogen (secondary N) is 1. The van der Waals surface area contributed by atoms with Gasteiger partial charge in [0.2, 0.25) is 5.91 Å². The third-order valence-electron chi connectivity index (χ3n) is 4.98. The Labute approximate surface area is 118 Å². The normalized spacial score (nSPS) is 20.9. The molecular weight excluding hydrogens is 236 g/mol. The van der Waals surface area contributed by atoms with Gasteiger partial charge in [0.05, 0.1) is 0 Å². The summed E-state index contributed by atoms with van der Waals surface area (Å²) >= 11 is 0. The molecule has 0 aromatic heterocycles. The van der Waals surface area contributed by atoms with Crippen LogP contribution in [-0.2, 0) is 4.79 Å². The van der Waals surface area contributed by atoms with E-state index in [0.29, 0.717) is 18.9 Å². The number of hydrogen-bond donors (Lipinski definition) is 2. The first kappa shape index (κ1) is 16.5. The Bertz CT molecular complexity index is 288. The summed E-state index contributed by atoms with van der Waals surface area (Å²) in [5, 5.41) is 3.13. The van der Waals surface area contributed by atoms with Crippen LogP contribution in [-0.4, -0.2) is 19.0 Å². The molecule has 0 spiro atoms. The zero-order valence-corrected chi connectivity index (χ0v) is 13.2. The maximum absolute atomic E-state index is 12.0. The molecule has 0 aromatic carbocycles. The van der Waals surface area contributed by atoms with Crippen LogP contribution >= 0.6 is 0 Å². The Kier molecular flexibility index (Phi) is 5.84. The molecule has 1 rings (SSSR count). The van der Waals surface area contributed by atoms with Gasteiger partial charge < -0.3 is 11.1 Å². The fourth-order valence-corrected chi connectivity index (χ4v) is 2.70. The molecular formula is C16H32N2O. The van der Waals surface area contributed by atoms with Gasteiger partial charge >= 0.3 is 0 Å². The quantitative estimate of drug-likeness (QED) is 0.805. The topological polar surface area (TPSA) is 55.1 Å². The highest BCUT2D eigenvalue weighted by atomic mass is 16.1. The molecule has 1 saturated carbocycles. The Morgan fingerprint density at radius 3 is 2.32 bits per heavy atom. The van der Waals surface area contributed by atoms with E-state index in [2.05, 4.69) is 33.0 Å². The van der Waals surface area contributed by atoms with Gasteiger partial charge in [-0.3, -0.25) is 4.79 Å². The highest BCUT2D eigenvalue weighted by Crippen LogP contribution is 2.35. The summed E-state index contributed by atoms with van der Waals surface area (Å²) in [6.07, 6.45) is 6.77. The first-order valence-electron chi connectivity index (χ1n) is 7.76. The first-order valence-corrected chi connectivity index (χ1v) is 7.76. The lowest BCUT2D eigenvalue weighted by molar-refractivity contribution is -0.123. The van der Waals surface area contributed by atoms with Crippen LogP contribution in [0.1, 0.15) is 66.2 Å². The zero-order valence-electron chi connectivity index (χ0n) is 13.2. The molecule has 1 fully saturated rings. The van der Waals surface area contributed by atoms with Crippen molar-refractivity contribution >= 4 is 5.91 Å². The van der Waals surface area contributed by atoms with Crippen molar-refractivity contribution in [3.05, 3.63) is 0 Å². The van der Waals surface area contributed by atoms with Crippen molar-refractivity contribution < 1.29 is 4.79 Å². The van der Waals surface area contributed by atoms with Gasteiger partial charge in [0.15, 0.2) is 0 Å². The van der Waals surface area contributed by atoms with Gasteiger partial charge in [0, 0.05) is 13.0 Å². The molecule has 1 aliphatic carbocycles. The second-order valence-corrected chi connectivity index (χ2v) is 7.51. The monoisotopic (exact) mass is 268 g/mol. The van der Waals surface area contributed by atoms with Crippen molar-refractivity contribution in [3.63, 3.8) is 0 Å². The summed E-state index contributed by atoms with van der Waals surface area (Å²) < 4.78 is 0. The summed E-state index contributed by atoms with van der Waals surface area (Å²) in [6.45, 7) is 10.2. The smallest absolute Gasteiger partial charge is 0.220 e. The average Bonchev–Trinajstić information content (AvgIpc) is 2.36. The second-order valence-electron chi connectivity index (χ2n) is 7.51. The van der Waals surface area contributed by atoms with Crippen molar-refractivity contribution in [1.82, 2.24) is 5.32 Å². The minimum absolute atomic E-state index is 0.166. The average molecular weight is 268 g/mol. The number of carbonyl (C=O) groups excluding carboxylic acids is 1. The van der Waals surface area contributed by atoms with E-state index in [1.807, 2.05) is 0 Å². The maximum atomic E-state index is 12.0. The van der Waals surface area contributed by atoms with E-state index >= 15 is 0 Å². The molecule has 0 heterocycles. The fraction of sp³-hybridized carbons (Fsp3) is 0.938. The Balaban J connectivity index is 2.40. The summed E-state index contributed by atoms with van der Waals surface area (Å²) in [5.74, 6) is 0.577. The van der Waals surface area contributed by atoms with Crippen LogP contribution in [0, 0.1) is 16.7 Å². The predicted octanol–water partition coefficient (Wildman–Crippen LogP) is 3.08. The highest BCUT2D eigenvalue weighted by molar-refractivity contribution is 5.76. The van der Waals surface area contributed by atoms with Crippen molar-refractivity contribution in [1.29, 1.82) is 0 Å². The van der Waals surface area contributed by atoms with Gasteiger partial charge in [-0.25, -0.2) is 0 Å². The molecule has 112 valence electrons. The molecule has 1 unspecified atom stereocenters.